The maximum atomic E-state index is 12.8. The number of carboxylic acid groups (broad SMARTS) is 1. The maximum Gasteiger partial charge on any atom is 0.337 e. The minimum Gasteiger partial charge on any atom is -0.478 e. The largest absolute Gasteiger partial charge is 0.478 e. The average molecular weight is 355 g/mol. The summed E-state index contributed by atoms with van der Waals surface area (Å²) in [6.45, 7) is 0.496. The predicted molar refractivity (Wildman–Crippen MR) is 94.6 cm³/mol. The summed E-state index contributed by atoms with van der Waals surface area (Å²) in [6, 6.07) is 9.83. The molecule has 1 N–H and O–H groups in total. The average Bonchev–Trinajstić information content (AvgIpc) is 2.65. The number of carboxylic acids is 1. The second-order valence-electron chi connectivity index (χ2n) is 5.68. The van der Waals surface area contributed by atoms with Gasteiger partial charge in [0, 0.05) is 13.3 Å². The summed E-state index contributed by atoms with van der Waals surface area (Å²) >= 11 is 0. The highest BCUT2D eigenvalue weighted by Crippen LogP contribution is 2.10. The van der Waals surface area contributed by atoms with Crippen molar-refractivity contribution < 1.29 is 14.6 Å². The van der Waals surface area contributed by atoms with Crippen LogP contribution < -0.4 is 11.2 Å². The number of carbonyl (C=O) groups is 1. The first kappa shape index (κ1) is 17.6. The van der Waals surface area contributed by atoms with Crippen LogP contribution in [0.25, 0.3) is 10.9 Å². The first-order valence-corrected chi connectivity index (χ1v) is 7.92. The molecular formula is C18H17N3O5. The Balaban J connectivity index is 2.13. The van der Waals surface area contributed by atoms with Gasteiger partial charge < -0.3 is 9.84 Å². The van der Waals surface area contributed by atoms with Crippen LogP contribution in [0.5, 0.6) is 0 Å². The van der Waals surface area contributed by atoms with E-state index in [2.05, 4.69) is 4.98 Å². The van der Waals surface area contributed by atoms with Gasteiger partial charge in [-0.05, 0) is 24.3 Å². The molecule has 134 valence electrons. The van der Waals surface area contributed by atoms with Crippen molar-refractivity contribution in [2.75, 3.05) is 13.7 Å². The van der Waals surface area contributed by atoms with Crippen molar-refractivity contribution in [2.24, 2.45) is 0 Å². The summed E-state index contributed by atoms with van der Waals surface area (Å²) in [5.41, 5.74) is 0.249. The molecule has 0 aliphatic carbocycles. The highest BCUT2D eigenvalue weighted by Gasteiger charge is 2.13. The van der Waals surface area contributed by atoms with E-state index in [0.717, 1.165) is 4.57 Å². The summed E-state index contributed by atoms with van der Waals surface area (Å²) in [7, 11) is 1.50. The van der Waals surface area contributed by atoms with E-state index >= 15 is 0 Å². The van der Waals surface area contributed by atoms with Crippen molar-refractivity contribution in [3.05, 3.63) is 74.7 Å². The first-order chi connectivity index (χ1) is 12.5. The van der Waals surface area contributed by atoms with Crippen molar-refractivity contribution in [2.45, 2.75) is 13.1 Å². The van der Waals surface area contributed by atoms with E-state index < -0.39 is 11.7 Å². The summed E-state index contributed by atoms with van der Waals surface area (Å²) < 4.78 is 7.58. The van der Waals surface area contributed by atoms with Gasteiger partial charge in [-0.3, -0.25) is 18.9 Å². The summed E-state index contributed by atoms with van der Waals surface area (Å²) in [5.74, 6) is -1.07. The van der Waals surface area contributed by atoms with Gasteiger partial charge in [0.1, 0.15) is 0 Å². The molecule has 0 saturated heterocycles. The maximum absolute atomic E-state index is 12.8. The third-order valence-corrected chi connectivity index (χ3v) is 4.04. The van der Waals surface area contributed by atoms with Crippen LogP contribution in [0.2, 0.25) is 0 Å². The SMILES string of the molecule is COCCn1c(=O)c2ccccc2n(Cc2ccc(C(=O)O)cn2)c1=O. The molecule has 0 fully saturated rings. The molecule has 0 unspecified atom stereocenters. The number of hydrogen-bond acceptors (Lipinski definition) is 5. The third-order valence-electron chi connectivity index (χ3n) is 4.04. The fraction of sp³-hybridized carbons (Fsp3) is 0.222. The van der Waals surface area contributed by atoms with Crippen LogP contribution in [0.1, 0.15) is 16.1 Å². The fourth-order valence-corrected chi connectivity index (χ4v) is 2.71. The Morgan fingerprint density at radius 1 is 1.15 bits per heavy atom. The van der Waals surface area contributed by atoms with Gasteiger partial charge >= 0.3 is 11.7 Å². The van der Waals surface area contributed by atoms with E-state index in [1.165, 1.54) is 23.9 Å². The first-order valence-electron chi connectivity index (χ1n) is 7.92. The number of rotatable bonds is 6. The molecule has 0 aliphatic rings. The molecule has 0 aliphatic heterocycles. The summed E-state index contributed by atoms with van der Waals surface area (Å²) in [6.07, 6.45) is 1.24. The Bertz CT molecular complexity index is 1070. The number of benzene rings is 1. The Hall–Kier alpha value is -3.26. The number of para-hydroxylation sites is 1. The number of hydrogen-bond donors (Lipinski definition) is 1. The number of pyridine rings is 1. The second-order valence-corrected chi connectivity index (χ2v) is 5.68. The molecule has 8 nitrogen and oxygen atoms in total. The zero-order valence-corrected chi connectivity index (χ0v) is 14.1. The molecule has 0 spiro atoms. The van der Waals surface area contributed by atoms with Crippen LogP contribution in [0.15, 0.2) is 52.2 Å². The van der Waals surface area contributed by atoms with Crippen molar-refractivity contribution >= 4 is 16.9 Å². The molecule has 3 rings (SSSR count). The van der Waals surface area contributed by atoms with E-state index in [4.69, 9.17) is 9.84 Å². The molecule has 26 heavy (non-hydrogen) atoms. The van der Waals surface area contributed by atoms with Gasteiger partial charge in [0.05, 0.1) is 41.9 Å². The molecule has 0 saturated carbocycles. The van der Waals surface area contributed by atoms with Gasteiger partial charge in [0.25, 0.3) is 5.56 Å². The van der Waals surface area contributed by atoms with Crippen LogP contribution in [-0.4, -0.2) is 38.9 Å². The molecule has 0 radical (unpaired) electrons. The number of ether oxygens (including phenoxy) is 1. The Morgan fingerprint density at radius 2 is 1.92 bits per heavy atom. The minimum atomic E-state index is -1.07. The molecular weight excluding hydrogens is 338 g/mol. The van der Waals surface area contributed by atoms with Crippen molar-refractivity contribution in [3.63, 3.8) is 0 Å². The second kappa shape index (κ2) is 7.32. The lowest BCUT2D eigenvalue weighted by Gasteiger charge is -2.13. The lowest BCUT2D eigenvalue weighted by Crippen LogP contribution is -2.41. The molecule has 2 aromatic heterocycles. The van der Waals surface area contributed by atoms with Crippen molar-refractivity contribution in [3.8, 4) is 0 Å². The van der Waals surface area contributed by atoms with E-state index in [-0.39, 0.29) is 30.8 Å². The predicted octanol–water partition coefficient (Wildman–Crippen LogP) is 0.951. The van der Waals surface area contributed by atoms with Crippen molar-refractivity contribution in [1.82, 2.24) is 14.1 Å². The van der Waals surface area contributed by atoms with Crippen LogP contribution in [0, 0.1) is 0 Å². The van der Waals surface area contributed by atoms with Gasteiger partial charge in [-0.15, -0.1) is 0 Å². The van der Waals surface area contributed by atoms with Gasteiger partial charge in [-0.1, -0.05) is 12.1 Å². The number of aromatic carboxylic acids is 1. The monoisotopic (exact) mass is 355 g/mol. The van der Waals surface area contributed by atoms with Gasteiger partial charge in [-0.2, -0.15) is 0 Å². The van der Waals surface area contributed by atoms with Crippen LogP contribution in [0.4, 0.5) is 0 Å². The van der Waals surface area contributed by atoms with Gasteiger partial charge in [0.15, 0.2) is 0 Å². The Kier molecular flexibility index (Phi) is 4.94. The normalized spacial score (nSPS) is 11.0. The zero-order valence-electron chi connectivity index (χ0n) is 14.1. The number of methoxy groups -OCH3 is 1. The molecule has 0 atom stereocenters. The summed E-state index contributed by atoms with van der Waals surface area (Å²) in [4.78, 5) is 40.5. The van der Waals surface area contributed by atoms with Gasteiger partial charge in [0.2, 0.25) is 0 Å². The Morgan fingerprint density at radius 3 is 2.58 bits per heavy atom. The summed E-state index contributed by atoms with van der Waals surface area (Å²) in [5, 5.41) is 9.38. The van der Waals surface area contributed by atoms with E-state index in [1.807, 2.05) is 0 Å². The van der Waals surface area contributed by atoms with E-state index in [0.29, 0.717) is 16.6 Å². The quantitative estimate of drug-likeness (QED) is 0.706. The van der Waals surface area contributed by atoms with E-state index in [1.54, 1.807) is 30.3 Å². The molecule has 2 heterocycles. The lowest BCUT2D eigenvalue weighted by molar-refractivity contribution is 0.0696. The van der Waals surface area contributed by atoms with E-state index in [9.17, 15) is 14.4 Å². The third kappa shape index (κ3) is 3.27. The number of aromatic nitrogens is 3. The number of nitrogens with zero attached hydrogens (tertiary/aromatic N) is 3. The molecule has 1 aromatic carbocycles. The minimum absolute atomic E-state index is 0.0658. The topological polar surface area (TPSA) is 103 Å². The van der Waals surface area contributed by atoms with Crippen LogP contribution >= 0.6 is 0 Å². The molecule has 8 heteroatoms. The lowest BCUT2D eigenvalue weighted by atomic mass is 10.2. The fourth-order valence-electron chi connectivity index (χ4n) is 2.71. The van der Waals surface area contributed by atoms with Gasteiger partial charge in [-0.25, -0.2) is 9.59 Å². The van der Waals surface area contributed by atoms with Crippen LogP contribution in [-0.2, 0) is 17.8 Å². The number of fused-ring (bicyclic) bond motifs is 1. The molecule has 0 bridgehead atoms. The Labute approximate surface area is 147 Å². The zero-order chi connectivity index (χ0) is 18.7. The molecule has 0 amide bonds. The van der Waals surface area contributed by atoms with Crippen molar-refractivity contribution in [1.29, 1.82) is 0 Å². The smallest absolute Gasteiger partial charge is 0.337 e. The van der Waals surface area contributed by atoms with Crippen LogP contribution in [0.3, 0.4) is 0 Å². The highest BCUT2D eigenvalue weighted by atomic mass is 16.5. The highest BCUT2D eigenvalue weighted by molar-refractivity contribution is 5.87. The molecule has 3 aromatic rings. The standard InChI is InChI=1S/C18H17N3O5/c1-26-9-8-20-16(22)14-4-2-3-5-15(14)21(18(20)25)11-13-7-6-12(10-19-13)17(23)24/h2-7,10H,8-9,11H2,1H3,(H,23,24).